The molecule has 0 saturated heterocycles. The van der Waals surface area contributed by atoms with Crippen LogP contribution < -0.4 is 5.32 Å². The summed E-state index contributed by atoms with van der Waals surface area (Å²) in [6.45, 7) is 0.491. The summed E-state index contributed by atoms with van der Waals surface area (Å²) in [5.41, 5.74) is -0.0375. The Bertz CT molecular complexity index is 700. The zero-order valence-corrected chi connectivity index (χ0v) is 12.9. The lowest BCUT2D eigenvalue weighted by atomic mass is 10.2. The molecule has 1 aromatic carbocycles. The van der Waals surface area contributed by atoms with E-state index in [-0.39, 0.29) is 23.8 Å². The largest absolute Gasteiger partial charge is 0.462 e. The van der Waals surface area contributed by atoms with E-state index in [9.17, 15) is 19.7 Å². The van der Waals surface area contributed by atoms with Gasteiger partial charge in [0, 0.05) is 18.7 Å². The summed E-state index contributed by atoms with van der Waals surface area (Å²) in [6.07, 6.45) is 0.456. The van der Waals surface area contributed by atoms with Crippen LogP contribution in [0.1, 0.15) is 26.5 Å². The van der Waals surface area contributed by atoms with Gasteiger partial charge < -0.3 is 10.1 Å². The van der Waals surface area contributed by atoms with Crippen molar-refractivity contribution in [3.63, 3.8) is 0 Å². The highest BCUT2D eigenvalue weighted by Gasteiger charge is 2.12. The Morgan fingerprint density at radius 1 is 1.26 bits per heavy atom. The molecule has 2 rings (SSSR count). The Morgan fingerprint density at radius 2 is 2.09 bits per heavy atom. The number of carbonyl (C=O) groups is 2. The van der Waals surface area contributed by atoms with Crippen LogP contribution in [-0.4, -0.2) is 30.0 Å². The lowest BCUT2D eigenvalue weighted by Gasteiger charge is -2.06. The second-order valence-electron chi connectivity index (χ2n) is 4.53. The number of nitrogens with zero attached hydrogens (tertiary/aromatic N) is 1. The summed E-state index contributed by atoms with van der Waals surface area (Å²) in [5.74, 6) is -0.789. The quantitative estimate of drug-likeness (QED) is 0.363. The molecule has 0 bridgehead atoms. The van der Waals surface area contributed by atoms with Crippen molar-refractivity contribution in [1.82, 2.24) is 5.32 Å². The predicted molar refractivity (Wildman–Crippen MR) is 84.6 cm³/mol. The van der Waals surface area contributed by atoms with Crippen LogP contribution in [0.4, 0.5) is 5.69 Å². The molecule has 2 aromatic rings. The summed E-state index contributed by atoms with van der Waals surface area (Å²) >= 11 is 1.35. The van der Waals surface area contributed by atoms with Crippen LogP contribution in [-0.2, 0) is 4.74 Å². The van der Waals surface area contributed by atoms with Crippen molar-refractivity contribution in [2.75, 3.05) is 13.2 Å². The Kier molecular flexibility index (Phi) is 5.81. The molecule has 0 spiro atoms. The summed E-state index contributed by atoms with van der Waals surface area (Å²) in [7, 11) is 0. The number of nitro groups is 1. The standard InChI is InChI=1S/C15H14N2O5S/c18-14(13-6-2-9-23-13)16-7-3-8-22-15(19)11-4-1-5-12(10-11)17(20)21/h1-2,4-6,9-10H,3,7-8H2,(H,16,18). The number of thiophene rings is 1. The number of non-ortho nitro benzene ring substituents is 1. The van der Waals surface area contributed by atoms with Crippen molar-refractivity contribution in [3.05, 3.63) is 62.3 Å². The van der Waals surface area contributed by atoms with Gasteiger partial charge in [-0.3, -0.25) is 14.9 Å². The molecule has 0 fully saturated rings. The number of nitro benzene ring substituents is 1. The third kappa shape index (κ3) is 4.89. The fourth-order valence-electron chi connectivity index (χ4n) is 1.76. The van der Waals surface area contributed by atoms with Gasteiger partial charge >= 0.3 is 5.97 Å². The maximum Gasteiger partial charge on any atom is 0.338 e. The van der Waals surface area contributed by atoms with Gasteiger partial charge in [-0.15, -0.1) is 11.3 Å². The van der Waals surface area contributed by atoms with E-state index in [2.05, 4.69) is 5.32 Å². The zero-order chi connectivity index (χ0) is 16.7. The van der Waals surface area contributed by atoms with E-state index in [1.807, 2.05) is 5.38 Å². The molecular weight excluding hydrogens is 320 g/mol. The highest BCUT2D eigenvalue weighted by molar-refractivity contribution is 7.12. The van der Waals surface area contributed by atoms with Crippen LogP contribution in [0.25, 0.3) is 0 Å². The monoisotopic (exact) mass is 334 g/mol. The minimum absolute atomic E-state index is 0.117. The number of ether oxygens (including phenoxy) is 1. The van der Waals surface area contributed by atoms with Crippen LogP contribution in [0.3, 0.4) is 0 Å². The highest BCUT2D eigenvalue weighted by Crippen LogP contribution is 2.14. The van der Waals surface area contributed by atoms with E-state index in [1.165, 1.54) is 35.6 Å². The topological polar surface area (TPSA) is 98.5 Å². The molecule has 0 unspecified atom stereocenters. The molecule has 0 aliphatic heterocycles. The Hall–Kier alpha value is -2.74. The molecule has 0 aliphatic rings. The zero-order valence-electron chi connectivity index (χ0n) is 12.1. The summed E-state index contributed by atoms with van der Waals surface area (Å²) in [5, 5.41) is 15.2. The number of hydrogen-bond donors (Lipinski definition) is 1. The van der Waals surface area contributed by atoms with E-state index in [0.717, 1.165) is 0 Å². The number of benzene rings is 1. The number of rotatable bonds is 7. The van der Waals surface area contributed by atoms with Crippen molar-refractivity contribution in [2.24, 2.45) is 0 Å². The van der Waals surface area contributed by atoms with Gasteiger partial charge in [0.25, 0.3) is 11.6 Å². The minimum Gasteiger partial charge on any atom is -0.462 e. The smallest absolute Gasteiger partial charge is 0.338 e. The molecule has 1 N–H and O–H groups in total. The van der Waals surface area contributed by atoms with Gasteiger partial charge in [-0.05, 0) is 23.9 Å². The molecule has 0 aliphatic carbocycles. The second-order valence-corrected chi connectivity index (χ2v) is 5.48. The number of esters is 1. The molecule has 23 heavy (non-hydrogen) atoms. The van der Waals surface area contributed by atoms with Gasteiger partial charge in [0.05, 0.1) is 22.0 Å². The van der Waals surface area contributed by atoms with Crippen molar-refractivity contribution in [3.8, 4) is 0 Å². The average Bonchev–Trinajstić information content (AvgIpc) is 3.08. The van der Waals surface area contributed by atoms with Gasteiger partial charge in [-0.1, -0.05) is 12.1 Å². The third-order valence-electron chi connectivity index (χ3n) is 2.88. The maximum absolute atomic E-state index is 11.8. The van der Waals surface area contributed by atoms with E-state index >= 15 is 0 Å². The van der Waals surface area contributed by atoms with Gasteiger partial charge in [-0.25, -0.2) is 4.79 Å². The highest BCUT2D eigenvalue weighted by atomic mass is 32.1. The molecule has 1 aromatic heterocycles. The molecule has 8 heteroatoms. The molecule has 0 saturated carbocycles. The molecule has 7 nitrogen and oxygen atoms in total. The minimum atomic E-state index is -0.627. The van der Waals surface area contributed by atoms with Gasteiger partial charge in [0.1, 0.15) is 0 Å². The van der Waals surface area contributed by atoms with E-state index in [1.54, 1.807) is 12.1 Å². The van der Waals surface area contributed by atoms with Gasteiger partial charge in [0.15, 0.2) is 0 Å². The van der Waals surface area contributed by atoms with Crippen LogP contribution >= 0.6 is 11.3 Å². The summed E-state index contributed by atoms with van der Waals surface area (Å²) in [6, 6.07) is 8.87. The Morgan fingerprint density at radius 3 is 2.78 bits per heavy atom. The number of amides is 1. The first kappa shape index (κ1) is 16.6. The fourth-order valence-corrected chi connectivity index (χ4v) is 2.40. The fraction of sp³-hybridized carbons (Fsp3) is 0.200. The second kappa shape index (κ2) is 8.04. The third-order valence-corrected chi connectivity index (χ3v) is 3.75. The lowest BCUT2D eigenvalue weighted by Crippen LogP contribution is -2.24. The average molecular weight is 334 g/mol. The van der Waals surface area contributed by atoms with Gasteiger partial charge in [0.2, 0.25) is 0 Å². The first-order valence-corrected chi connectivity index (χ1v) is 7.69. The van der Waals surface area contributed by atoms with Crippen LogP contribution in [0, 0.1) is 10.1 Å². The molecular formula is C15H14N2O5S. The normalized spacial score (nSPS) is 10.1. The van der Waals surface area contributed by atoms with Crippen LogP contribution in [0.5, 0.6) is 0 Å². The van der Waals surface area contributed by atoms with Crippen molar-refractivity contribution in [2.45, 2.75) is 6.42 Å². The van der Waals surface area contributed by atoms with E-state index in [0.29, 0.717) is 17.8 Å². The number of nitrogens with one attached hydrogen (secondary N) is 1. The first-order chi connectivity index (χ1) is 11.1. The van der Waals surface area contributed by atoms with Gasteiger partial charge in [-0.2, -0.15) is 0 Å². The van der Waals surface area contributed by atoms with E-state index < -0.39 is 10.9 Å². The molecule has 120 valence electrons. The Balaban J connectivity index is 1.72. The summed E-state index contributed by atoms with van der Waals surface area (Å²) in [4.78, 5) is 34.1. The number of hydrogen-bond acceptors (Lipinski definition) is 6. The lowest BCUT2D eigenvalue weighted by molar-refractivity contribution is -0.384. The van der Waals surface area contributed by atoms with Crippen LogP contribution in [0.15, 0.2) is 41.8 Å². The van der Waals surface area contributed by atoms with Crippen molar-refractivity contribution >= 4 is 28.9 Å². The summed E-state index contributed by atoms with van der Waals surface area (Å²) < 4.78 is 5.03. The predicted octanol–water partition coefficient (Wildman–Crippen LogP) is 2.63. The molecule has 1 amide bonds. The van der Waals surface area contributed by atoms with E-state index in [4.69, 9.17) is 4.74 Å². The van der Waals surface area contributed by atoms with Crippen molar-refractivity contribution < 1.29 is 19.2 Å². The first-order valence-electron chi connectivity index (χ1n) is 6.81. The molecule has 1 heterocycles. The Labute approximate surface area is 136 Å². The maximum atomic E-state index is 11.8. The SMILES string of the molecule is O=C(OCCCNC(=O)c1cccs1)c1cccc([N+](=O)[O-])c1. The molecule has 0 radical (unpaired) electrons. The number of carbonyl (C=O) groups excluding carboxylic acids is 2. The van der Waals surface area contributed by atoms with Crippen molar-refractivity contribution in [1.29, 1.82) is 0 Å². The molecule has 0 atom stereocenters. The van der Waals surface area contributed by atoms with Crippen LogP contribution in [0.2, 0.25) is 0 Å².